The second-order valence-electron chi connectivity index (χ2n) is 4.91. The van der Waals surface area contributed by atoms with Gasteiger partial charge in [0.2, 0.25) is 0 Å². The molecule has 0 aromatic heterocycles. The topological polar surface area (TPSA) is 30.5 Å². The van der Waals surface area contributed by atoms with Crippen LogP contribution in [-0.2, 0) is 9.47 Å². The van der Waals surface area contributed by atoms with E-state index in [-0.39, 0.29) is 0 Å². The highest BCUT2D eigenvalue weighted by atomic mass is 16.7. The highest BCUT2D eigenvalue weighted by Crippen LogP contribution is 2.17. The molecule has 0 radical (unpaired) electrons. The van der Waals surface area contributed by atoms with Gasteiger partial charge in [0.1, 0.15) is 6.79 Å². The molecule has 1 aliphatic heterocycles. The smallest absolute Gasteiger partial charge is 0.147 e. The van der Waals surface area contributed by atoms with Crippen LogP contribution in [0.2, 0.25) is 0 Å². The predicted molar refractivity (Wildman–Crippen MR) is 72.7 cm³/mol. The molecular formula is C15H23NO2. The predicted octanol–water partition coefficient (Wildman–Crippen LogP) is 2.53. The van der Waals surface area contributed by atoms with Gasteiger partial charge in [0, 0.05) is 6.54 Å². The van der Waals surface area contributed by atoms with Gasteiger partial charge < -0.3 is 14.8 Å². The molecule has 1 aliphatic rings. The summed E-state index contributed by atoms with van der Waals surface area (Å²) in [6, 6.07) is 10.7. The zero-order valence-corrected chi connectivity index (χ0v) is 11.1. The van der Waals surface area contributed by atoms with E-state index < -0.39 is 0 Å². The molecule has 1 N–H and O–H groups in total. The summed E-state index contributed by atoms with van der Waals surface area (Å²) < 4.78 is 10.6. The van der Waals surface area contributed by atoms with Crippen LogP contribution in [0.1, 0.15) is 31.2 Å². The Morgan fingerprint density at radius 3 is 2.89 bits per heavy atom. The lowest BCUT2D eigenvalue weighted by molar-refractivity contribution is -0.137. The van der Waals surface area contributed by atoms with Crippen LogP contribution >= 0.6 is 0 Å². The molecule has 0 bridgehead atoms. The average molecular weight is 249 g/mol. The Hall–Kier alpha value is -0.900. The van der Waals surface area contributed by atoms with E-state index in [2.05, 4.69) is 42.6 Å². The molecule has 0 aliphatic carbocycles. The highest BCUT2D eigenvalue weighted by molar-refractivity contribution is 5.18. The first-order valence-electron chi connectivity index (χ1n) is 6.81. The van der Waals surface area contributed by atoms with Crippen LogP contribution in [0.5, 0.6) is 0 Å². The first-order chi connectivity index (χ1) is 8.86. The standard InChI is InChI=1S/C15H23NO2/c1-13(14-5-3-2-4-6-14)7-9-16-11-15-8-10-17-12-18-15/h2-6,13,15-16H,7-12H2,1H3. The third kappa shape index (κ3) is 4.41. The molecule has 1 aromatic rings. The molecule has 3 nitrogen and oxygen atoms in total. The highest BCUT2D eigenvalue weighted by Gasteiger charge is 2.13. The fourth-order valence-corrected chi connectivity index (χ4v) is 2.19. The van der Waals surface area contributed by atoms with Crippen LogP contribution in [0.25, 0.3) is 0 Å². The number of hydrogen-bond acceptors (Lipinski definition) is 3. The minimum absolute atomic E-state index is 0.325. The fourth-order valence-electron chi connectivity index (χ4n) is 2.19. The van der Waals surface area contributed by atoms with E-state index in [0.29, 0.717) is 18.8 Å². The molecule has 1 aromatic carbocycles. The number of hydrogen-bond donors (Lipinski definition) is 1. The maximum Gasteiger partial charge on any atom is 0.147 e. The molecular weight excluding hydrogens is 226 g/mol. The summed E-state index contributed by atoms with van der Waals surface area (Å²) in [5.41, 5.74) is 1.42. The number of rotatable bonds is 6. The van der Waals surface area contributed by atoms with Gasteiger partial charge in [-0.05, 0) is 30.9 Å². The van der Waals surface area contributed by atoms with Crippen LogP contribution in [-0.4, -0.2) is 32.6 Å². The van der Waals surface area contributed by atoms with Gasteiger partial charge in [0.15, 0.2) is 0 Å². The van der Waals surface area contributed by atoms with Crippen molar-refractivity contribution in [1.82, 2.24) is 5.32 Å². The van der Waals surface area contributed by atoms with Crippen LogP contribution in [0, 0.1) is 0 Å². The molecule has 100 valence electrons. The lowest BCUT2D eigenvalue weighted by Crippen LogP contribution is -2.34. The zero-order valence-electron chi connectivity index (χ0n) is 11.1. The Kier molecular flexibility index (Phi) is 5.65. The van der Waals surface area contributed by atoms with Gasteiger partial charge in [0.05, 0.1) is 12.7 Å². The van der Waals surface area contributed by atoms with Crippen molar-refractivity contribution < 1.29 is 9.47 Å². The van der Waals surface area contributed by atoms with Crippen LogP contribution in [0.4, 0.5) is 0 Å². The summed E-state index contributed by atoms with van der Waals surface area (Å²) in [5.74, 6) is 0.606. The third-order valence-electron chi connectivity index (χ3n) is 3.47. The molecule has 2 atom stereocenters. The van der Waals surface area contributed by atoms with Crippen molar-refractivity contribution >= 4 is 0 Å². The van der Waals surface area contributed by atoms with Crippen molar-refractivity contribution in [3.63, 3.8) is 0 Å². The Balaban J connectivity index is 1.60. The van der Waals surface area contributed by atoms with Crippen molar-refractivity contribution in [2.24, 2.45) is 0 Å². The number of benzene rings is 1. The average Bonchev–Trinajstić information content (AvgIpc) is 2.45. The van der Waals surface area contributed by atoms with Crippen molar-refractivity contribution in [1.29, 1.82) is 0 Å². The first-order valence-corrected chi connectivity index (χ1v) is 6.81. The summed E-state index contributed by atoms with van der Waals surface area (Å²) in [7, 11) is 0. The van der Waals surface area contributed by atoms with Crippen molar-refractivity contribution in [2.75, 3.05) is 26.5 Å². The normalized spacial score (nSPS) is 21.7. The second kappa shape index (κ2) is 7.52. The van der Waals surface area contributed by atoms with E-state index in [4.69, 9.17) is 9.47 Å². The maximum absolute atomic E-state index is 5.48. The van der Waals surface area contributed by atoms with Crippen LogP contribution in [0.15, 0.2) is 30.3 Å². The number of nitrogens with one attached hydrogen (secondary N) is 1. The Morgan fingerprint density at radius 2 is 2.17 bits per heavy atom. The maximum atomic E-state index is 5.48. The molecule has 1 fully saturated rings. The Morgan fingerprint density at radius 1 is 1.33 bits per heavy atom. The van der Waals surface area contributed by atoms with Crippen LogP contribution in [0.3, 0.4) is 0 Å². The summed E-state index contributed by atoms with van der Waals surface area (Å²) in [6.07, 6.45) is 2.49. The van der Waals surface area contributed by atoms with Crippen LogP contribution < -0.4 is 5.32 Å². The van der Waals surface area contributed by atoms with Gasteiger partial charge in [-0.15, -0.1) is 0 Å². The molecule has 2 rings (SSSR count). The van der Waals surface area contributed by atoms with E-state index in [1.165, 1.54) is 5.56 Å². The molecule has 1 saturated heterocycles. The Bertz CT molecular complexity index is 323. The number of ether oxygens (including phenoxy) is 2. The SMILES string of the molecule is CC(CCNCC1CCOCO1)c1ccccc1. The lowest BCUT2D eigenvalue weighted by atomic mass is 9.98. The summed E-state index contributed by atoms with van der Waals surface area (Å²) in [6.45, 7) is 5.53. The zero-order chi connectivity index (χ0) is 12.6. The van der Waals surface area contributed by atoms with Crippen molar-refractivity contribution in [3.05, 3.63) is 35.9 Å². The Labute approximate surface area is 109 Å². The van der Waals surface area contributed by atoms with Crippen molar-refractivity contribution in [3.8, 4) is 0 Å². The fraction of sp³-hybridized carbons (Fsp3) is 0.600. The molecule has 0 saturated carbocycles. The largest absolute Gasteiger partial charge is 0.355 e. The quantitative estimate of drug-likeness (QED) is 0.786. The molecule has 0 spiro atoms. The van der Waals surface area contributed by atoms with Gasteiger partial charge in [-0.1, -0.05) is 37.3 Å². The summed E-state index contributed by atoms with van der Waals surface area (Å²) in [5, 5.41) is 3.48. The van der Waals surface area contributed by atoms with Gasteiger partial charge >= 0.3 is 0 Å². The van der Waals surface area contributed by atoms with E-state index >= 15 is 0 Å². The lowest BCUT2D eigenvalue weighted by Gasteiger charge is -2.23. The van der Waals surface area contributed by atoms with Gasteiger partial charge in [-0.3, -0.25) is 0 Å². The van der Waals surface area contributed by atoms with E-state index in [0.717, 1.165) is 32.5 Å². The van der Waals surface area contributed by atoms with E-state index in [1.807, 2.05) is 0 Å². The second-order valence-corrected chi connectivity index (χ2v) is 4.91. The minimum Gasteiger partial charge on any atom is -0.355 e. The van der Waals surface area contributed by atoms with Gasteiger partial charge in [0.25, 0.3) is 0 Å². The molecule has 2 unspecified atom stereocenters. The van der Waals surface area contributed by atoms with Gasteiger partial charge in [-0.2, -0.15) is 0 Å². The van der Waals surface area contributed by atoms with E-state index in [9.17, 15) is 0 Å². The summed E-state index contributed by atoms with van der Waals surface area (Å²) in [4.78, 5) is 0. The molecule has 0 amide bonds. The summed E-state index contributed by atoms with van der Waals surface area (Å²) >= 11 is 0. The van der Waals surface area contributed by atoms with E-state index in [1.54, 1.807) is 0 Å². The molecule has 3 heteroatoms. The minimum atomic E-state index is 0.325. The van der Waals surface area contributed by atoms with Gasteiger partial charge in [-0.25, -0.2) is 0 Å². The van der Waals surface area contributed by atoms with Crippen molar-refractivity contribution in [2.45, 2.75) is 31.8 Å². The molecule has 18 heavy (non-hydrogen) atoms. The molecule has 1 heterocycles. The first kappa shape index (κ1) is 13.5. The third-order valence-corrected chi connectivity index (χ3v) is 3.47. The monoisotopic (exact) mass is 249 g/mol.